The molecule has 0 radical (unpaired) electrons. The first-order valence-electron chi connectivity index (χ1n) is 7.14. The molecule has 21 heavy (non-hydrogen) atoms. The van der Waals surface area contributed by atoms with Crippen molar-refractivity contribution in [3.63, 3.8) is 0 Å². The van der Waals surface area contributed by atoms with E-state index < -0.39 is 0 Å². The van der Waals surface area contributed by atoms with Gasteiger partial charge in [0.05, 0.1) is 0 Å². The van der Waals surface area contributed by atoms with E-state index in [1.54, 1.807) is 0 Å². The van der Waals surface area contributed by atoms with Gasteiger partial charge in [0.25, 0.3) is 0 Å². The highest BCUT2D eigenvalue weighted by Gasteiger charge is 2.16. The van der Waals surface area contributed by atoms with Crippen LogP contribution in [0.3, 0.4) is 0 Å². The largest absolute Gasteiger partial charge is 0.139 e. The molecule has 0 aromatic carbocycles. The van der Waals surface area contributed by atoms with E-state index in [2.05, 4.69) is 53.7 Å². The lowest BCUT2D eigenvalue weighted by Gasteiger charge is -1.97. The standard InChI is InChI=1S/C18H20S3/c1-9-11(3)17(19-13(9)5)15-7-8-16(21-15)18-12(4)10(2)14(6)20-18/h7-8H,1-6H3. The average Bonchev–Trinajstić information content (AvgIpc) is 3.10. The van der Waals surface area contributed by atoms with Gasteiger partial charge in [-0.3, -0.25) is 0 Å². The van der Waals surface area contributed by atoms with Crippen molar-refractivity contribution in [2.24, 2.45) is 0 Å². The SMILES string of the molecule is Cc1sc(-c2ccc(-c3sc(C)c(C)c3C)s2)c(C)c1C. The number of aryl methyl sites for hydroxylation is 2. The van der Waals surface area contributed by atoms with E-state index in [4.69, 9.17) is 0 Å². The first-order chi connectivity index (χ1) is 9.90. The normalized spacial score (nSPS) is 11.3. The maximum absolute atomic E-state index is 2.29. The quantitative estimate of drug-likeness (QED) is 0.471. The summed E-state index contributed by atoms with van der Waals surface area (Å²) in [5, 5.41) is 0. The summed E-state index contributed by atoms with van der Waals surface area (Å²) in [7, 11) is 0. The molecule has 0 bridgehead atoms. The van der Waals surface area contributed by atoms with Crippen LogP contribution in [-0.2, 0) is 0 Å². The molecule has 0 saturated carbocycles. The van der Waals surface area contributed by atoms with Crippen LogP contribution < -0.4 is 0 Å². The van der Waals surface area contributed by atoms with E-state index in [1.807, 2.05) is 34.0 Å². The first-order valence-corrected chi connectivity index (χ1v) is 9.58. The van der Waals surface area contributed by atoms with Gasteiger partial charge in [0.1, 0.15) is 0 Å². The Morgan fingerprint density at radius 1 is 0.524 bits per heavy atom. The molecule has 0 atom stereocenters. The van der Waals surface area contributed by atoms with Gasteiger partial charge < -0.3 is 0 Å². The minimum absolute atomic E-state index is 1.41. The van der Waals surface area contributed by atoms with Crippen molar-refractivity contribution >= 4 is 34.0 Å². The number of rotatable bonds is 2. The molecule has 0 fully saturated rings. The van der Waals surface area contributed by atoms with Crippen LogP contribution in [-0.4, -0.2) is 0 Å². The molecule has 3 aromatic heterocycles. The molecule has 0 N–H and O–H groups in total. The van der Waals surface area contributed by atoms with Gasteiger partial charge >= 0.3 is 0 Å². The van der Waals surface area contributed by atoms with Crippen LogP contribution in [0.25, 0.3) is 19.5 Å². The second-order valence-corrected chi connectivity index (χ2v) is 9.17. The summed E-state index contributed by atoms with van der Waals surface area (Å²) in [4.78, 5) is 8.60. The number of hydrogen-bond acceptors (Lipinski definition) is 3. The van der Waals surface area contributed by atoms with Crippen molar-refractivity contribution < 1.29 is 0 Å². The van der Waals surface area contributed by atoms with Gasteiger partial charge in [0, 0.05) is 29.3 Å². The third kappa shape index (κ3) is 2.41. The van der Waals surface area contributed by atoms with Gasteiger partial charge in [0.2, 0.25) is 0 Å². The molecule has 0 saturated heterocycles. The highest BCUT2D eigenvalue weighted by Crippen LogP contribution is 2.44. The van der Waals surface area contributed by atoms with E-state index in [-0.39, 0.29) is 0 Å². The summed E-state index contributed by atoms with van der Waals surface area (Å²) in [5.41, 5.74) is 5.79. The van der Waals surface area contributed by atoms with Gasteiger partial charge in [-0.1, -0.05) is 0 Å². The summed E-state index contributed by atoms with van der Waals surface area (Å²) < 4.78 is 0. The lowest BCUT2D eigenvalue weighted by atomic mass is 10.1. The Balaban J connectivity index is 2.07. The first kappa shape index (κ1) is 15.0. The Morgan fingerprint density at radius 2 is 0.905 bits per heavy atom. The third-order valence-corrected chi connectivity index (χ3v) is 8.49. The van der Waals surface area contributed by atoms with E-state index in [1.165, 1.54) is 51.5 Å². The Labute approximate surface area is 139 Å². The van der Waals surface area contributed by atoms with Crippen molar-refractivity contribution in [1.82, 2.24) is 0 Å². The zero-order chi connectivity index (χ0) is 15.3. The Hall–Kier alpha value is -0.900. The van der Waals surface area contributed by atoms with Crippen molar-refractivity contribution in [3.05, 3.63) is 44.1 Å². The predicted octanol–water partition coefficient (Wildman–Crippen LogP) is 7.06. The molecule has 0 amide bonds. The average molecular weight is 333 g/mol. The molecular weight excluding hydrogens is 312 g/mol. The topological polar surface area (TPSA) is 0 Å². The van der Waals surface area contributed by atoms with Crippen LogP contribution in [0.4, 0.5) is 0 Å². The van der Waals surface area contributed by atoms with Crippen molar-refractivity contribution in [1.29, 1.82) is 0 Å². The second-order valence-electron chi connectivity index (χ2n) is 5.64. The monoisotopic (exact) mass is 332 g/mol. The summed E-state index contributed by atoms with van der Waals surface area (Å²) in [6.07, 6.45) is 0. The minimum Gasteiger partial charge on any atom is -0.139 e. The van der Waals surface area contributed by atoms with Crippen LogP contribution in [0, 0.1) is 41.5 Å². The minimum atomic E-state index is 1.41. The number of hydrogen-bond donors (Lipinski definition) is 0. The summed E-state index contributed by atoms with van der Waals surface area (Å²) in [6.45, 7) is 13.4. The highest BCUT2D eigenvalue weighted by molar-refractivity contribution is 7.26. The van der Waals surface area contributed by atoms with Gasteiger partial charge in [-0.25, -0.2) is 0 Å². The molecule has 0 aliphatic carbocycles. The smallest absolute Gasteiger partial charge is 0.0477 e. The lowest BCUT2D eigenvalue weighted by molar-refractivity contribution is 1.35. The Kier molecular flexibility index (Phi) is 3.85. The number of thiophene rings is 3. The zero-order valence-corrected chi connectivity index (χ0v) is 15.8. The molecule has 3 heteroatoms. The molecule has 110 valence electrons. The Bertz CT molecular complexity index is 745. The van der Waals surface area contributed by atoms with Crippen LogP contribution >= 0.6 is 34.0 Å². The molecule has 3 aromatic rings. The Morgan fingerprint density at radius 3 is 1.19 bits per heavy atom. The zero-order valence-electron chi connectivity index (χ0n) is 13.4. The van der Waals surface area contributed by atoms with Crippen LogP contribution in [0.15, 0.2) is 12.1 Å². The van der Waals surface area contributed by atoms with E-state index >= 15 is 0 Å². The second kappa shape index (κ2) is 5.38. The highest BCUT2D eigenvalue weighted by atomic mass is 32.1. The van der Waals surface area contributed by atoms with Crippen LogP contribution in [0.1, 0.15) is 32.0 Å². The van der Waals surface area contributed by atoms with E-state index in [0.29, 0.717) is 0 Å². The fourth-order valence-electron chi connectivity index (χ4n) is 2.53. The lowest BCUT2D eigenvalue weighted by Crippen LogP contribution is -1.75. The molecule has 3 heterocycles. The molecule has 0 aliphatic rings. The van der Waals surface area contributed by atoms with Crippen molar-refractivity contribution in [2.75, 3.05) is 0 Å². The summed E-state index contributed by atoms with van der Waals surface area (Å²) in [5.74, 6) is 0. The molecule has 0 unspecified atom stereocenters. The van der Waals surface area contributed by atoms with Crippen molar-refractivity contribution in [3.8, 4) is 19.5 Å². The molecule has 0 nitrogen and oxygen atoms in total. The fraction of sp³-hybridized carbons (Fsp3) is 0.333. The van der Waals surface area contributed by atoms with Gasteiger partial charge in [0.15, 0.2) is 0 Å². The van der Waals surface area contributed by atoms with E-state index in [0.717, 1.165) is 0 Å². The van der Waals surface area contributed by atoms with Crippen molar-refractivity contribution in [2.45, 2.75) is 41.5 Å². The molecule has 0 spiro atoms. The van der Waals surface area contributed by atoms with E-state index in [9.17, 15) is 0 Å². The van der Waals surface area contributed by atoms with Crippen LogP contribution in [0.2, 0.25) is 0 Å². The maximum atomic E-state index is 2.29. The molecule has 3 rings (SSSR count). The van der Waals surface area contributed by atoms with Gasteiger partial charge in [-0.15, -0.1) is 34.0 Å². The molecular formula is C18H20S3. The fourth-order valence-corrected chi connectivity index (χ4v) is 6.21. The van der Waals surface area contributed by atoms with Crippen LogP contribution in [0.5, 0.6) is 0 Å². The van der Waals surface area contributed by atoms with Gasteiger partial charge in [-0.05, 0) is 75.9 Å². The third-order valence-electron chi connectivity index (χ3n) is 4.43. The predicted molar refractivity (Wildman–Crippen MR) is 99.4 cm³/mol. The molecule has 0 aliphatic heterocycles. The maximum Gasteiger partial charge on any atom is 0.0477 e. The van der Waals surface area contributed by atoms with Gasteiger partial charge in [-0.2, -0.15) is 0 Å². The summed E-state index contributed by atoms with van der Waals surface area (Å²) >= 11 is 5.79. The summed E-state index contributed by atoms with van der Waals surface area (Å²) in [6, 6.07) is 4.59.